The molecule has 0 aromatic carbocycles. The monoisotopic (exact) mass is 255 g/mol. The van der Waals surface area contributed by atoms with Crippen molar-refractivity contribution in [2.24, 2.45) is 11.7 Å². The molecule has 3 N–H and O–H groups in total. The predicted molar refractivity (Wildman–Crippen MR) is 65.7 cm³/mol. The standard InChI is InChI=1S/C11H17N3O2S/c1-7-5-14(3-2-9(7)15)11(16)8-6-17-10(4-12)13-8/h6-7,9,15H,2-5,12H2,1H3. The maximum Gasteiger partial charge on any atom is 0.273 e. The summed E-state index contributed by atoms with van der Waals surface area (Å²) in [6, 6.07) is 0. The first kappa shape index (κ1) is 12.5. The Balaban J connectivity index is 2.05. The van der Waals surface area contributed by atoms with Gasteiger partial charge in [-0.25, -0.2) is 4.98 Å². The molecular formula is C11H17N3O2S. The third-order valence-corrected chi connectivity index (χ3v) is 3.96. The van der Waals surface area contributed by atoms with Gasteiger partial charge in [0.05, 0.1) is 6.10 Å². The van der Waals surface area contributed by atoms with Crippen molar-refractivity contribution in [3.8, 4) is 0 Å². The number of carbonyl (C=O) groups is 1. The lowest BCUT2D eigenvalue weighted by atomic mass is 9.96. The Kier molecular flexibility index (Phi) is 3.76. The van der Waals surface area contributed by atoms with Gasteiger partial charge in [-0.15, -0.1) is 11.3 Å². The third kappa shape index (κ3) is 2.65. The van der Waals surface area contributed by atoms with Crippen molar-refractivity contribution >= 4 is 17.2 Å². The fourth-order valence-corrected chi connectivity index (χ4v) is 2.63. The highest BCUT2D eigenvalue weighted by Crippen LogP contribution is 2.19. The van der Waals surface area contributed by atoms with E-state index in [4.69, 9.17) is 5.73 Å². The minimum absolute atomic E-state index is 0.0558. The lowest BCUT2D eigenvalue weighted by Gasteiger charge is -2.33. The second kappa shape index (κ2) is 5.12. The molecule has 1 aromatic rings. The van der Waals surface area contributed by atoms with Gasteiger partial charge in [-0.2, -0.15) is 0 Å². The summed E-state index contributed by atoms with van der Waals surface area (Å²) in [7, 11) is 0. The van der Waals surface area contributed by atoms with Crippen LogP contribution in [0, 0.1) is 5.92 Å². The molecular weight excluding hydrogens is 238 g/mol. The number of aliphatic hydroxyl groups excluding tert-OH is 1. The van der Waals surface area contributed by atoms with Crippen molar-refractivity contribution in [1.29, 1.82) is 0 Å². The second-order valence-electron chi connectivity index (χ2n) is 4.42. The van der Waals surface area contributed by atoms with Crippen LogP contribution in [0.2, 0.25) is 0 Å². The summed E-state index contributed by atoms with van der Waals surface area (Å²) in [5, 5.41) is 12.1. The van der Waals surface area contributed by atoms with Crippen LogP contribution in [-0.2, 0) is 6.54 Å². The molecule has 2 atom stereocenters. The van der Waals surface area contributed by atoms with Gasteiger partial charge in [0.25, 0.3) is 5.91 Å². The van der Waals surface area contributed by atoms with E-state index in [1.165, 1.54) is 11.3 Å². The maximum absolute atomic E-state index is 12.1. The zero-order valence-electron chi connectivity index (χ0n) is 9.80. The third-order valence-electron chi connectivity index (χ3n) is 3.09. The van der Waals surface area contributed by atoms with E-state index >= 15 is 0 Å². The number of aromatic nitrogens is 1. The molecule has 1 fully saturated rings. The Morgan fingerprint density at radius 2 is 2.53 bits per heavy atom. The van der Waals surface area contributed by atoms with Gasteiger partial charge in [0.1, 0.15) is 10.7 Å². The van der Waals surface area contributed by atoms with Crippen LogP contribution in [0.3, 0.4) is 0 Å². The summed E-state index contributed by atoms with van der Waals surface area (Å²) in [6.45, 7) is 3.51. The van der Waals surface area contributed by atoms with Gasteiger partial charge < -0.3 is 15.7 Å². The quantitative estimate of drug-likeness (QED) is 0.804. The molecule has 94 valence electrons. The second-order valence-corrected chi connectivity index (χ2v) is 5.36. The molecule has 0 aliphatic carbocycles. The molecule has 1 aliphatic rings. The van der Waals surface area contributed by atoms with Gasteiger partial charge in [0.2, 0.25) is 0 Å². The van der Waals surface area contributed by atoms with Crippen molar-refractivity contribution < 1.29 is 9.90 Å². The van der Waals surface area contributed by atoms with E-state index in [9.17, 15) is 9.90 Å². The minimum atomic E-state index is -0.297. The first-order valence-corrected chi connectivity index (χ1v) is 6.61. The Morgan fingerprint density at radius 1 is 1.76 bits per heavy atom. The van der Waals surface area contributed by atoms with Crippen molar-refractivity contribution in [3.05, 3.63) is 16.1 Å². The largest absolute Gasteiger partial charge is 0.393 e. The number of rotatable bonds is 2. The Bertz CT molecular complexity index is 407. The number of hydrogen-bond acceptors (Lipinski definition) is 5. The first-order chi connectivity index (χ1) is 8.11. The number of amides is 1. The molecule has 0 radical (unpaired) electrons. The lowest BCUT2D eigenvalue weighted by molar-refractivity contribution is 0.0294. The zero-order chi connectivity index (χ0) is 12.4. The molecule has 17 heavy (non-hydrogen) atoms. The molecule has 0 bridgehead atoms. The van der Waals surface area contributed by atoms with E-state index in [1.807, 2.05) is 6.92 Å². The number of carbonyl (C=O) groups excluding carboxylic acids is 1. The first-order valence-electron chi connectivity index (χ1n) is 5.73. The van der Waals surface area contributed by atoms with Crippen LogP contribution in [-0.4, -0.2) is 40.1 Å². The average Bonchev–Trinajstić information content (AvgIpc) is 2.80. The smallest absolute Gasteiger partial charge is 0.273 e. The zero-order valence-corrected chi connectivity index (χ0v) is 10.6. The van der Waals surface area contributed by atoms with E-state index in [2.05, 4.69) is 4.98 Å². The molecule has 0 spiro atoms. The fourth-order valence-electron chi connectivity index (χ4n) is 1.98. The molecule has 6 heteroatoms. The minimum Gasteiger partial charge on any atom is -0.393 e. The molecule has 1 saturated heterocycles. The highest BCUT2D eigenvalue weighted by Gasteiger charge is 2.28. The highest BCUT2D eigenvalue weighted by atomic mass is 32.1. The van der Waals surface area contributed by atoms with Crippen LogP contribution in [0.1, 0.15) is 28.8 Å². The van der Waals surface area contributed by atoms with Gasteiger partial charge in [0.15, 0.2) is 0 Å². The van der Waals surface area contributed by atoms with E-state index in [0.29, 0.717) is 31.7 Å². The molecule has 2 unspecified atom stereocenters. The number of hydrogen-bond donors (Lipinski definition) is 2. The summed E-state index contributed by atoms with van der Waals surface area (Å²) < 4.78 is 0. The van der Waals surface area contributed by atoms with Gasteiger partial charge in [-0.1, -0.05) is 6.92 Å². The molecule has 1 amide bonds. The van der Waals surface area contributed by atoms with Gasteiger partial charge >= 0.3 is 0 Å². The van der Waals surface area contributed by atoms with Crippen LogP contribution in [0.25, 0.3) is 0 Å². The van der Waals surface area contributed by atoms with Crippen molar-refractivity contribution in [2.45, 2.75) is 26.0 Å². The topological polar surface area (TPSA) is 79.5 Å². The molecule has 1 aromatic heterocycles. The fraction of sp³-hybridized carbons (Fsp3) is 0.636. The molecule has 2 heterocycles. The Hall–Kier alpha value is -0.980. The van der Waals surface area contributed by atoms with Gasteiger partial charge in [0, 0.05) is 25.0 Å². The summed E-state index contributed by atoms with van der Waals surface area (Å²) in [6.07, 6.45) is 0.343. The maximum atomic E-state index is 12.1. The van der Waals surface area contributed by atoms with Crippen LogP contribution < -0.4 is 5.73 Å². The van der Waals surface area contributed by atoms with E-state index in [1.54, 1.807) is 10.3 Å². The highest BCUT2D eigenvalue weighted by molar-refractivity contribution is 7.09. The summed E-state index contributed by atoms with van der Waals surface area (Å²) in [5.41, 5.74) is 5.94. The number of nitrogens with two attached hydrogens (primary N) is 1. The van der Waals surface area contributed by atoms with Crippen LogP contribution in [0.5, 0.6) is 0 Å². The number of aliphatic hydroxyl groups is 1. The van der Waals surface area contributed by atoms with Crippen LogP contribution >= 0.6 is 11.3 Å². The molecule has 2 rings (SSSR count). The van der Waals surface area contributed by atoms with Crippen LogP contribution in [0.4, 0.5) is 0 Å². The van der Waals surface area contributed by atoms with Crippen molar-refractivity contribution in [3.63, 3.8) is 0 Å². The van der Waals surface area contributed by atoms with Crippen molar-refractivity contribution in [2.75, 3.05) is 13.1 Å². The number of piperidine rings is 1. The molecule has 5 nitrogen and oxygen atoms in total. The summed E-state index contributed by atoms with van der Waals surface area (Å²) in [5.74, 6) is 0.0695. The summed E-state index contributed by atoms with van der Waals surface area (Å²) >= 11 is 1.41. The summed E-state index contributed by atoms with van der Waals surface area (Å²) in [4.78, 5) is 18.1. The van der Waals surface area contributed by atoms with Gasteiger partial charge in [-0.05, 0) is 12.3 Å². The number of thiazole rings is 1. The Morgan fingerprint density at radius 3 is 3.12 bits per heavy atom. The number of nitrogens with zero attached hydrogens (tertiary/aromatic N) is 2. The number of likely N-dealkylation sites (tertiary alicyclic amines) is 1. The average molecular weight is 255 g/mol. The van der Waals surface area contributed by atoms with E-state index < -0.39 is 0 Å². The van der Waals surface area contributed by atoms with Gasteiger partial charge in [-0.3, -0.25) is 4.79 Å². The van der Waals surface area contributed by atoms with E-state index in [0.717, 1.165) is 5.01 Å². The lowest BCUT2D eigenvalue weighted by Crippen LogP contribution is -2.45. The predicted octanol–water partition coefficient (Wildman–Crippen LogP) is 0.445. The molecule has 0 saturated carbocycles. The normalized spacial score (nSPS) is 25.0. The van der Waals surface area contributed by atoms with Crippen molar-refractivity contribution in [1.82, 2.24) is 9.88 Å². The SMILES string of the molecule is CC1CN(C(=O)c2csc(CN)n2)CCC1O. The van der Waals surface area contributed by atoms with Crippen LogP contribution in [0.15, 0.2) is 5.38 Å². The Labute approximate surface area is 104 Å². The van der Waals surface area contributed by atoms with E-state index in [-0.39, 0.29) is 17.9 Å². The molecule has 1 aliphatic heterocycles.